The molecule has 0 bridgehead atoms. The number of hydrogen-bond acceptors (Lipinski definition) is 6. The summed E-state index contributed by atoms with van der Waals surface area (Å²) in [6, 6.07) is 0. The first-order chi connectivity index (χ1) is 30.5. The Balaban J connectivity index is 4.30. The second kappa shape index (κ2) is 51.3. The van der Waals surface area contributed by atoms with Crippen molar-refractivity contribution in [3.8, 4) is 0 Å². The largest absolute Gasteiger partial charge is 0.462 e. The van der Waals surface area contributed by atoms with Gasteiger partial charge in [0.2, 0.25) is 0 Å². The molecule has 0 saturated carbocycles. The number of rotatable bonds is 49. The number of hydrogen-bond donors (Lipinski definition) is 0. The molecule has 0 rings (SSSR count). The van der Waals surface area contributed by atoms with Crippen LogP contribution in [0.5, 0.6) is 0 Å². The summed E-state index contributed by atoms with van der Waals surface area (Å²) in [6.45, 7) is 6.60. The minimum absolute atomic E-state index is 0.0719. The van der Waals surface area contributed by atoms with Gasteiger partial charge in [0.1, 0.15) is 13.2 Å². The van der Waals surface area contributed by atoms with E-state index in [1.54, 1.807) is 0 Å². The van der Waals surface area contributed by atoms with Crippen LogP contribution < -0.4 is 0 Å². The van der Waals surface area contributed by atoms with Crippen molar-refractivity contribution in [1.82, 2.24) is 0 Å². The topological polar surface area (TPSA) is 78.9 Å². The third kappa shape index (κ3) is 48.7. The van der Waals surface area contributed by atoms with Gasteiger partial charge >= 0.3 is 17.9 Å². The highest BCUT2D eigenvalue weighted by Crippen LogP contribution is 2.16. The Morgan fingerprint density at radius 2 is 0.581 bits per heavy atom. The Labute approximate surface area is 385 Å². The molecule has 0 aromatic carbocycles. The third-order valence-electron chi connectivity index (χ3n) is 11.9. The quantitative estimate of drug-likeness (QED) is 0.0199. The second-order valence-corrected chi connectivity index (χ2v) is 18.2. The van der Waals surface area contributed by atoms with Crippen molar-refractivity contribution in [1.29, 1.82) is 0 Å². The van der Waals surface area contributed by atoms with Crippen molar-refractivity contribution in [3.05, 3.63) is 36.5 Å². The molecule has 0 fully saturated rings. The van der Waals surface area contributed by atoms with Gasteiger partial charge < -0.3 is 14.2 Å². The lowest BCUT2D eigenvalue weighted by molar-refractivity contribution is -0.167. The Morgan fingerprint density at radius 3 is 0.952 bits per heavy atom. The molecule has 0 radical (unpaired) electrons. The minimum atomic E-state index is -0.771. The van der Waals surface area contributed by atoms with Crippen LogP contribution in [0.2, 0.25) is 0 Å². The zero-order valence-corrected chi connectivity index (χ0v) is 41.4. The highest BCUT2D eigenvalue weighted by atomic mass is 16.6. The summed E-state index contributed by atoms with van der Waals surface area (Å²) in [6.07, 6.45) is 59.8. The number of allylic oxidation sites excluding steroid dienone is 6. The van der Waals surface area contributed by atoms with Gasteiger partial charge in [-0.05, 0) is 70.6 Å². The predicted molar refractivity (Wildman–Crippen MR) is 266 cm³/mol. The van der Waals surface area contributed by atoms with Crippen LogP contribution in [0.15, 0.2) is 36.5 Å². The van der Waals surface area contributed by atoms with Crippen molar-refractivity contribution in [2.45, 2.75) is 290 Å². The van der Waals surface area contributed by atoms with Crippen LogP contribution in [-0.4, -0.2) is 37.2 Å². The molecular weight excluding hydrogens is 769 g/mol. The molecule has 6 heteroatoms. The maximum absolute atomic E-state index is 12.8. The average Bonchev–Trinajstić information content (AvgIpc) is 3.27. The van der Waals surface area contributed by atoms with E-state index in [1.807, 2.05) is 0 Å². The number of unbranched alkanes of at least 4 members (excludes halogenated alkanes) is 33. The van der Waals surface area contributed by atoms with E-state index in [-0.39, 0.29) is 31.1 Å². The standard InChI is InChI=1S/C56H102O6/c1-4-7-10-13-16-19-22-24-26-27-28-29-31-32-34-37-40-43-46-49-55(58)61-52-53(51-60-54(57)48-45-42-39-36-21-18-15-12-9-6-3)62-56(59)50-47-44-41-38-35-33-30-25-23-20-17-14-11-8-5-2/h16,19-20,22-24,53H,4-15,17-18,21,25-52H2,1-3H3/b19-16-,23-20-,24-22-. The van der Waals surface area contributed by atoms with Crippen LogP contribution in [-0.2, 0) is 28.6 Å². The molecular formula is C56H102O6. The number of ether oxygens (including phenoxy) is 3. The minimum Gasteiger partial charge on any atom is -0.462 e. The summed E-state index contributed by atoms with van der Waals surface area (Å²) in [7, 11) is 0. The second-order valence-electron chi connectivity index (χ2n) is 18.2. The van der Waals surface area contributed by atoms with Crippen molar-refractivity contribution in [2.24, 2.45) is 0 Å². The van der Waals surface area contributed by atoms with E-state index in [2.05, 4.69) is 57.2 Å². The maximum atomic E-state index is 12.8. The van der Waals surface area contributed by atoms with Gasteiger partial charge in [-0.2, -0.15) is 0 Å². The fraction of sp³-hybridized carbons (Fsp3) is 0.839. The van der Waals surface area contributed by atoms with Gasteiger partial charge in [0.05, 0.1) is 0 Å². The lowest BCUT2D eigenvalue weighted by Crippen LogP contribution is -2.30. The third-order valence-corrected chi connectivity index (χ3v) is 11.9. The molecule has 362 valence electrons. The van der Waals surface area contributed by atoms with E-state index in [1.165, 1.54) is 186 Å². The van der Waals surface area contributed by atoms with Gasteiger partial charge in [-0.25, -0.2) is 0 Å². The van der Waals surface area contributed by atoms with E-state index in [9.17, 15) is 14.4 Å². The van der Waals surface area contributed by atoms with Gasteiger partial charge in [-0.15, -0.1) is 0 Å². The fourth-order valence-corrected chi connectivity index (χ4v) is 7.78. The summed E-state index contributed by atoms with van der Waals surface area (Å²) < 4.78 is 16.8. The molecule has 6 nitrogen and oxygen atoms in total. The Morgan fingerprint density at radius 1 is 0.323 bits per heavy atom. The Kier molecular flexibility index (Phi) is 49.3. The van der Waals surface area contributed by atoms with Crippen molar-refractivity contribution >= 4 is 17.9 Å². The van der Waals surface area contributed by atoms with E-state index < -0.39 is 6.10 Å². The van der Waals surface area contributed by atoms with Crippen molar-refractivity contribution < 1.29 is 28.6 Å². The van der Waals surface area contributed by atoms with E-state index in [0.717, 1.165) is 57.8 Å². The first kappa shape index (κ1) is 59.6. The zero-order chi connectivity index (χ0) is 45.1. The molecule has 1 unspecified atom stereocenters. The summed E-state index contributed by atoms with van der Waals surface area (Å²) >= 11 is 0. The van der Waals surface area contributed by atoms with Gasteiger partial charge in [0.25, 0.3) is 0 Å². The summed E-state index contributed by atoms with van der Waals surface area (Å²) in [4.78, 5) is 38.0. The van der Waals surface area contributed by atoms with Gasteiger partial charge in [-0.1, -0.05) is 231 Å². The fourth-order valence-electron chi connectivity index (χ4n) is 7.78. The molecule has 0 amide bonds. The van der Waals surface area contributed by atoms with E-state index in [4.69, 9.17) is 14.2 Å². The molecule has 0 spiro atoms. The van der Waals surface area contributed by atoms with Crippen LogP contribution in [0.1, 0.15) is 284 Å². The van der Waals surface area contributed by atoms with E-state index in [0.29, 0.717) is 19.3 Å². The van der Waals surface area contributed by atoms with Crippen LogP contribution in [0.4, 0.5) is 0 Å². The first-order valence-corrected chi connectivity index (χ1v) is 27.0. The number of esters is 3. The van der Waals surface area contributed by atoms with Gasteiger partial charge in [-0.3, -0.25) is 14.4 Å². The molecule has 0 aromatic heterocycles. The molecule has 0 aliphatic rings. The molecule has 0 N–H and O–H groups in total. The molecule has 0 aromatic rings. The molecule has 1 atom stereocenters. The van der Waals surface area contributed by atoms with Crippen LogP contribution in [0, 0.1) is 0 Å². The molecule has 0 heterocycles. The number of carbonyl (C=O) groups excluding carboxylic acids is 3. The Bertz CT molecular complexity index is 1050. The predicted octanol–water partition coefficient (Wildman–Crippen LogP) is 17.7. The van der Waals surface area contributed by atoms with Crippen molar-refractivity contribution in [2.75, 3.05) is 13.2 Å². The highest BCUT2D eigenvalue weighted by molar-refractivity contribution is 5.71. The summed E-state index contributed by atoms with van der Waals surface area (Å²) in [5, 5.41) is 0. The monoisotopic (exact) mass is 871 g/mol. The molecule has 0 saturated heterocycles. The van der Waals surface area contributed by atoms with Crippen LogP contribution in [0.3, 0.4) is 0 Å². The van der Waals surface area contributed by atoms with Crippen molar-refractivity contribution in [3.63, 3.8) is 0 Å². The highest BCUT2D eigenvalue weighted by Gasteiger charge is 2.19. The molecule has 0 aliphatic carbocycles. The van der Waals surface area contributed by atoms with Gasteiger partial charge in [0.15, 0.2) is 6.10 Å². The maximum Gasteiger partial charge on any atom is 0.306 e. The molecule has 62 heavy (non-hydrogen) atoms. The smallest absolute Gasteiger partial charge is 0.306 e. The lowest BCUT2D eigenvalue weighted by Gasteiger charge is -2.18. The van der Waals surface area contributed by atoms with Crippen LogP contribution in [0.25, 0.3) is 0 Å². The zero-order valence-electron chi connectivity index (χ0n) is 41.4. The van der Waals surface area contributed by atoms with E-state index >= 15 is 0 Å². The number of carbonyl (C=O) groups is 3. The lowest BCUT2D eigenvalue weighted by atomic mass is 10.1. The summed E-state index contributed by atoms with van der Waals surface area (Å²) in [5.41, 5.74) is 0. The van der Waals surface area contributed by atoms with Gasteiger partial charge in [0, 0.05) is 19.3 Å². The van der Waals surface area contributed by atoms with Crippen LogP contribution >= 0.6 is 0 Å². The first-order valence-electron chi connectivity index (χ1n) is 27.0. The normalized spacial score (nSPS) is 12.2. The average molecular weight is 871 g/mol. The molecule has 0 aliphatic heterocycles. The SMILES string of the molecule is CCCCC/C=C\C=C/CCCCCCCCCCCCC(=O)OCC(COC(=O)CCCCCCCCCCCC)OC(=O)CCCCCCCCC/C=C\CCCCCC. The Hall–Kier alpha value is -2.37. The summed E-state index contributed by atoms with van der Waals surface area (Å²) in [5.74, 6) is -0.870.